The number of fused-ring (bicyclic) bond motifs is 1. The summed E-state index contributed by atoms with van der Waals surface area (Å²) in [4.78, 5) is 39.3. The molecule has 0 bridgehead atoms. The Hall–Kier alpha value is -3.46. The zero-order valence-corrected chi connectivity index (χ0v) is 17.0. The number of para-hydroxylation sites is 1. The highest BCUT2D eigenvalue weighted by Crippen LogP contribution is 2.35. The maximum absolute atomic E-state index is 13.0. The Morgan fingerprint density at radius 3 is 2.67 bits per heavy atom. The van der Waals surface area contributed by atoms with Gasteiger partial charge in [0.1, 0.15) is 12.3 Å². The lowest BCUT2D eigenvalue weighted by Gasteiger charge is -2.20. The molecule has 0 spiro atoms. The highest BCUT2D eigenvalue weighted by atomic mass is 35.5. The van der Waals surface area contributed by atoms with E-state index in [-0.39, 0.29) is 17.5 Å². The van der Waals surface area contributed by atoms with Gasteiger partial charge in [0.25, 0.3) is 11.8 Å². The van der Waals surface area contributed by atoms with Crippen LogP contribution in [-0.4, -0.2) is 48.5 Å². The van der Waals surface area contributed by atoms with Gasteiger partial charge in [0, 0.05) is 5.69 Å². The summed E-state index contributed by atoms with van der Waals surface area (Å²) in [5, 5.41) is 12.1. The molecular formula is C20H18ClN5O4. The number of nitrogens with one attached hydrogen (secondary N) is 1. The van der Waals surface area contributed by atoms with Gasteiger partial charge in [0.15, 0.2) is 12.1 Å². The SMILES string of the molecule is COc1ccc(N2C(=O)C3N=NN(CC(=O)Nc4ccccc4C)C3C2=O)cc1Cl. The molecule has 2 aliphatic rings. The summed E-state index contributed by atoms with van der Waals surface area (Å²) in [7, 11) is 1.47. The molecule has 0 radical (unpaired) electrons. The van der Waals surface area contributed by atoms with E-state index in [0.717, 1.165) is 10.5 Å². The molecule has 2 unspecified atom stereocenters. The molecule has 2 aliphatic heterocycles. The monoisotopic (exact) mass is 427 g/mol. The number of methoxy groups -OCH3 is 1. The minimum atomic E-state index is -0.996. The van der Waals surface area contributed by atoms with E-state index in [1.807, 2.05) is 25.1 Å². The van der Waals surface area contributed by atoms with Crippen molar-refractivity contribution in [2.45, 2.75) is 19.0 Å². The standard InChI is InChI=1S/C20H18ClN5O4/c1-11-5-3-4-6-14(11)22-16(27)10-25-18-17(23-24-25)19(28)26(20(18)29)12-7-8-15(30-2)13(21)9-12/h3-9,17-18H,10H2,1-2H3,(H,22,27). The Labute approximate surface area is 177 Å². The Morgan fingerprint density at radius 1 is 1.20 bits per heavy atom. The third-order valence-corrected chi connectivity index (χ3v) is 5.27. The molecule has 3 amide bonds. The second-order valence-electron chi connectivity index (χ2n) is 6.89. The molecule has 0 aliphatic carbocycles. The Balaban J connectivity index is 1.51. The van der Waals surface area contributed by atoms with Crippen LogP contribution in [0.5, 0.6) is 5.75 Å². The summed E-state index contributed by atoms with van der Waals surface area (Å²) in [6.45, 7) is 1.66. The number of hydrogen-bond donors (Lipinski definition) is 1. The fourth-order valence-corrected chi connectivity index (χ4v) is 3.70. The van der Waals surface area contributed by atoms with Gasteiger partial charge in [-0.1, -0.05) is 35.0 Å². The fourth-order valence-electron chi connectivity index (χ4n) is 3.45. The van der Waals surface area contributed by atoms with E-state index in [1.165, 1.54) is 18.2 Å². The van der Waals surface area contributed by atoms with Gasteiger partial charge in [0.2, 0.25) is 5.91 Å². The van der Waals surface area contributed by atoms with E-state index in [0.29, 0.717) is 17.1 Å². The number of hydrogen-bond acceptors (Lipinski definition) is 7. The number of amides is 3. The van der Waals surface area contributed by atoms with Crippen molar-refractivity contribution in [3.05, 3.63) is 53.1 Å². The van der Waals surface area contributed by atoms with Crippen LogP contribution in [0.25, 0.3) is 0 Å². The van der Waals surface area contributed by atoms with Crippen LogP contribution in [0.1, 0.15) is 5.56 Å². The minimum Gasteiger partial charge on any atom is -0.495 e. The first-order valence-corrected chi connectivity index (χ1v) is 9.52. The highest BCUT2D eigenvalue weighted by Gasteiger charge is 2.55. The zero-order chi connectivity index (χ0) is 21.4. The molecule has 10 heteroatoms. The number of halogens is 1. The second-order valence-corrected chi connectivity index (χ2v) is 7.29. The van der Waals surface area contributed by atoms with Crippen molar-refractivity contribution in [2.75, 3.05) is 23.9 Å². The van der Waals surface area contributed by atoms with Crippen molar-refractivity contribution < 1.29 is 19.1 Å². The van der Waals surface area contributed by atoms with Gasteiger partial charge in [-0.2, -0.15) is 5.11 Å². The lowest BCUT2D eigenvalue weighted by atomic mass is 10.1. The number of rotatable bonds is 5. The molecular weight excluding hydrogens is 410 g/mol. The van der Waals surface area contributed by atoms with Crippen LogP contribution in [0.3, 0.4) is 0 Å². The molecule has 4 rings (SSSR count). The number of benzene rings is 2. The summed E-state index contributed by atoms with van der Waals surface area (Å²) < 4.78 is 5.10. The maximum Gasteiger partial charge on any atom is 0.263 e. The van der Waals surface area contributed by atoms with Gasteiger partial charge in [-0.05, 0) is 36.8 Å². The molecule has 1 fully saturated rings. The van der Waals surface area contributed by atoms with E-state index in [9.17, 15) is 14.4 Å². The first kappa shape index (κ1) is 19.8. The summed E-state index contributed by atoms with van der Waals surface area (Å²) in [5.74, 6) is -0.972. The third-order valence-electron chi connectivity index (χ3n) is 4.98. The van der Waals surface area contributed by atoms with Crippen LogP contribution in [0.4, 0.5) is 11.4 Å². The number of carbonyl (C=O) groups excluding carboxylic acids is 3. The van der Waals surface area contributed by atoms with E-state index >= 15 is 0 Å². The quantitative estimate of drug-likeness (QED) is 0.738. The summed E-state index contributed by atoms with van der Waals surface area (Å²) in [6.07, 6.45) is 0. The minimum absolute atomic E-state index is 0.213. The van der Waals surface area contributed by atoms with Gasteiger partial charge in [0.05, 0.1) is 17.8 Å². The van der Waals surface area contributed by atoms with E-state index in [1.54, 1.807) is 18.2 Å². The van der Waals surface area contributed by atoms with Crippen LogP contribution in [-0.2, 0) is 14.4 Å². The van der Waals surface area contributed by atoms with Gasteiger partial charge in [-0.15, -0.1) is 0 Å². The lowest BCUT2D eigenvalue weighted by Crippen LogP contribution is -2.43. The van der Waals surface area contributed by atoms with Crippen molar-refractivity contribution in [1.29, 1.82) is 0 Å². The molecule has 1 saturated heterocycles. The fraction of sp³-hybridized carbons (Fsp3) is 0.250. The molecule has 30 heavy (non-hydrogen) atoms. The molecule has 2 atom stereocenters. The predicted octanol–water partition coefficient (Wildman–Crippen LogP) is 2.59. The Bertz CT molecular complexity index is 1070. The highest BCUT2D eigenvalue weighted by molar-refractivity contribution is 6.33. The number of carbonyl (C=O) groups is 3. The number of ether oxygens (including phenoxy) is 1. The molecule has 0 aromatic heterocycles. The van der Waals surface area contributed by atoms with E-state index < -0.39 is 23.9 Å². The van der Waals surface area contributed by atoms with Crippen molar-refractivity contribution in [3.8, 4) is 5.75 Å². The molecule has 0 saturated carbocycles. The molecule has 1 N–H and O–H groups in total. The summed E-state index contributed by atoms with van der Waals surface area (Å²) >= 11 is 6.13. The first-order valence-electron chi connectivity index (χ1n) is 9.15. The van der Waals surface area contributed by atoms with Crippen molar-refractivity contribution >= 4 is 40.7 Å². The zero-order valence-electron chi connectivity index (χ0n) is 16.2. The Kier molecular flexibility index (Phi) is 5.13. The van der Waals surface area contributed by atoms with Gasteiger partial charge in [-0.25, -0.2) is 4.90 Å². The van der Waals surface area contributed by atoms with E-state index in [4.69, 9.17) is 16.3 Å². The summed E-state index contributed by atoms with van der Waals surface area (Å²) in [5.41, 5.74) is 1.88. The van der Waals surface area contributed by atoms with E-state index in [2.05, 4.69) is 15.7 Å². The first-order chi connectivity index (χ1) is 14.4. The maximum atomic E-state index is 13.0. The second kappa shape index (κ2) is 7.75. The average Bonchev–Trinajstić information content (AvgIpc) is 3.23. The third kappa shape index (κ3) is 3.37. The van der Waals surface area contributed by atoms with Crippen LogP contribution >= 0.6 is 11.6 Å². The average molecular weight is 428 g/mol. The molecule has 2 heterocycles. The van der Waals surface area contributed by atoms with Crippen molar-refractivity contribution in [3.63, 3.8) is 0 Å². The number of nitrogens with zero attached hydrogens (tertiary/aromatic N) is 4. The lowest BCUT2D eigenvalue weighted by molar-refractivity contribution is -0.123. The predicted molar refractivity (Wildman–Crippen MR) is 109 cm³/mol. The van der Waals surface area contributed by atoms with Gasteiger partial charge >= 0.3 is 0 Å². The Morgan fingerprint density at radius 2 is 1.97 bits per heavy atom. The number of imide groups is 1. The molecule has 154 valence electrons. The summed E-state index contributed by atoms with van der Waals surface area (Å²) in [6, 6.07) is 9.97. The smallest absolute Gasteiger partial charge is 0.263 e. The van der Waals surface area contributed by atoms with Gasteiger partial charge in [-0.3, -0.25) is 19.4 Å². The van der Waals surface area contributed by atoms with Crippen molar-refractivity contribution in [1.82, 2.24) is 5.01 Å². The van der Waals surface area contributed by atoms with Crippen LogP contribution < -0.4 is 15.0 Å². The van der Waals surface area contributed by atoms with Crippen molar-refractivity contribution in [2.24, 2.45) is 10.3 Å². The number of aryl methyl sites for hydroxylation is 1. The topological polar surface area (TPSA) is 104 Å². The normalized spacial score (nSPS) is 20.0. The molecule has 2 aromatic carbocycles. The largest absolute Gasteiger partial charge is 0.495 e. The van der Waals surface area contributed by atoms with Gasteiger partial charge < -0.3 is 10.1 Å². The molecule has 2 aromatic rings. The number of anilines is 2. The van der Waals surface area contributed by atoms with Crippen LogP contribution in [0, 0.1) is 6.92 Å². The molecule has 9 nitrogen and oxygen atoms in total. The van der Waals surface area contributed by atoms with Crippen LogP contribution in [0.15, 0.2) is 52.8 Å². The van der Waals surface area contributed by atoms with Crippen LogP contribution in [0.2, 0.25) is 5.02 Å².